The fourth-order valence-corrected chi connectivity index (χ4v) is 5.56. The lowest BCUT2D eigenvalue weighted by atomic mass is 10.2. The van der Waals surface area contributed by atoms with Gasteiger partial charge in [0.05, 0.1) is 31.6 Å². The van der Waals surface area contributed by atoms with Crippen molar-refractivity contribution in [3.8, 4) is 11.5 Å². The quantitative estimate of drug-likeness (QED) is 0.310. The Bertz CT molecular complexity index is 1360. The highest BCUT2D eigenvalue weighted by molar-refractivity contribution is 7.22. The summed E-state index contributed by atoms with van der Waals surface area (Å²) >= 11 is 1.50. The summed E-state index contributed by atoms with van der Waals surface area (Å²) in [6.45, 7) is 9.22. The first kappa shape index (κ1) is 24.5. The average Bonchev–Trinajstić information content (AvgIpc) is 3.54. The number of morpholine rings is 1. The van der Waals surface area contributed by atoms with Gasteiger partial charge in [0.15, 0.2) is 22.2 Å². The van der Waals surface area contributed by atoms with E-state index in [0.29, 0.717) is 35.4 Å². The molecule has 1 saturated heterocycles. The zero-order valence-electron chi connectivity index (χ0n) is 20.9. The van der Waals surface area contributed by atoms with Crippen molar-refractivity contribution in [2.45, 2.75) is 20.3 Å². The highest BCUT2D eigenvalue weighted by Crippen LogP contribution is 2.37. The van der Waals surface area contributed by atoms with E-state index >= 15 is 0 Å². The summed E-state index contributed by atoms with van der Waals surface area (Å²) in [5, 5.41) is 1.47. The monoisotopic (exact) mass is 509 g/mol. The van der Waals surface area contributed by atoms with Gasteiger partial charge in [-0.3, -0.25) is 14.6 Å². The van der Waals surface area contributed by atoms with Crippen LogP contribution in [-0.4, -0.2) is 68.9 Å². The predicted molar refractivity (Wildman–Crippen MR) is 142 cm³/mol. The van der Waals surface area contributed by atoms with Crippen LogP contribution in [0.3, 0.4) is 0 Å². The maximum atomic E-state index is 13.9. The normalized spacial score (nSPS) is 14.4. The molecule has 5 rings (SSSR count). The van der Waals surface area contributed by atoms with Crippen LogP contribution in [0.25, 0.3) is 21.2 Å². The third-order valence-corrected chi connectivity index (χ3v) is 7.58. The number of nitrogens with zero attached hydrogens (tertiary/aromatic N) is 3. The Hall–Kier alpha value is -3.14. The molecule has 0 saturated carbocycles. The molecule has 8 nitrogen and oxygen atoms in total. The van der Waals surface area contributed by atoms with E-state index in [2.05, 4.69) is 4.90 Å². The summed E-state index contributed by atoms with van der Waals surface area (Å²) in [5.41, 5.74) is 2.45. The van der Waals surface area contributed by atoms with E-state index in [1.54, 1.807) is 18.1 Å². The lowest BCUT2D eigenvalue weighted by Gasteiger charge is -2.27. The van der Waals surface area contributed by atoms with Gasteiger partial charge >= 0.3 is 0 Å². The molecule has 190 valence electrons. The Morgan fingerprint density at radius 2 is 2.03 bits per heavy atom. The van der Waals surface area contributed by atoms with Crippen molar-refractivity contribution in [1.82, 2.24) is 9.88 Å². The minimum Gasteiger partial charge on any atom is -0.494 e. The first-order valence-electron chi connectivity index (χ1n) is 12.3. The van der Waals surface area contributed by atoms with E-state index in [-0.39, 0.29) is 11.7 Å². The van der Waals surface area contributed by atoms with Gasteiger partial charge in [-0.1, -0.05) is 29.5 Å². The smallest absolute Gasteiger partial charge is 0.295 e. The summed E-state index contributed by atoms with van der Waals surface area (Å²) in [4.78, 5) is 22.8. The molecule has 4 aromatic rings. The van der Waals surface area contributed by atoms with Crippen LogP contribution in [0.4, 0.5) is 5.13 Å². The average molecular weight is 510 g/mol. The predicted octanol–water partition coefficient (Wildman–Crippen LogP) is 5.13. The minimum atomic E-state index is -0.216. The molecular formula is C27H31N3O5S. The first-order valence-corrected chi connectivity index (χ1v) is 13.1. The van der Waals surface area contributed by atoms with Crippen LogP contribution in [0.1, 0.15) is 29.5 Å². The van der Waals surface area contributed by atoms with Crippen molar-refractivity contribution in [3.63, 3.8) is 0 Å². The second-order valence-electron chi connectivity index (χ2n) is 8.74. The molecule has 0 aliphatic carbocycles. The summed E-state index contributed by atoms with van der Waals surface area (Å²) in [5.74, 6) is 1.38. The number of benzene rings is 2. The maximum absolute atomic E-state index is 13.9. The minimum absolute atomic E-state index is 0.216. The Morgan fingerprint density at radius 3 is 2.81 bits per heavy atom. The first-order chi connectivity index (χ1) is 17.6. The fraction of sp³-hybridized carbons (Fsp3) is 0.407. The van der Waals surface area contributed by atoms with Gasteiger partial charge < -0.3 is 18.6 Å². The van der Waals surface area contributed by atoms with Crippen LogP contribution in [-0.2, 0) is 4.74 Å². The van der Waals surface area contributed by atoms with Crippen molar-refractivity contribution >= 4 is 43.6 Å². The molecule has 2 aromatic carbocycles. The molecule has 0 spiro atoms. The number of hydrogen-bond acceptors (Lipinski definition) is 8. The number of carbonyl (C=O) groups excluding carboxylic acids is 1. The van der Waals surface area contributed by atoms with Gasteiger partial charge in [-0.15, -0.1) is 0 Å². The van der Waals surface area contributed by atoms with Gasteiger partial charge in [-0.05, 0) is 44.0 Å². The number of amides is 1. The number of furan rings is 1. The number of methoxy groups -OCH3 is 1. The van der Waals surface area contributed by atoms with E-state index in [9.17, 15) is 4.79 Å². The van der Waals surface area contributed by atoms with Gasteiger partial charge in [0.25, 0.3) is 5.91 Å². The van der Waals surface area contributed by atoms with Crippen molar-refractivity contribution in [3.05, 3.63) is 47.7 Å². The number of hydrogen-bond donors (Lipinski definition) is 0. The molecular weight excluding hydrogens is 478 g/mol. The Kier molecular flexibility index (Phi) is 7.41. The third-order valence-electron chi connectivity index (χ3n) is 6.37. The number of para-hydroxylation sites is 1. The van der Waals surface area contributed by atoms with Crippen LogP contribution < -0.4 is 14.4 Å². The third kappa shape index (κ3) is 4.91. The van der Waals surface area contributed by atoms with Crippen molar-refractivity contribution in [2.24, 2.45) is 0 Å². The molecule has 2 aromatic heterocycles. The van der Waals surface area contributed by atoms with E-state index in [0.717, 1.165) is 60.4 Å². The molecule has 0 bridgehead atoms. The molecule has 0 atom stereocenters. The fourth-order valence-electron chi connectivity index (χ4n) is 4.48. The molecule has 0 unspecified atom stereocenters. The van der Waals surface area contributed by atoms with Crippen LogP contribution in [0.15, 0.2) is 40.8 Å². The number of carbonyl (C=O) groups is 1. The highest BCUT2D eigenvalue weighted by atomic mass is 32.1. The zero-order valence-corrected chi connectivity index (χ0v) is 21.7. The second kappa shape index (κ2) is 10.9. The van der Waals surface area contributed by atoms with Gasteiger partial charge in [0, 0.05) is 31.6 Å². The topological polar surface area (TPSA) is 77.3 Å². The van der Waals surface area contributed by atoms with Crippen molar-refractivity contribution in [1.29, 1.82) is 0 Å². The molecule has 1 amide bonds. The molecule has 1 fully saturated rings. The van der Waals surface area contributed by atoms with Gasteiger partial charge in [0.1, 0.15) is 11.3 Å². The number of rotatable bonds is 9. The molecule has 0 radical (unpaired) electrons. The SMILES string of the molecule is CCOc1cccc2cc(C(=O)N(CCCN3CCOCC3)c3nc4c(OC)ccc(C)c4s3)oc12. The van der Waals surface area contributed by atoms with Gasteiger partial charge in [0.2, 0.25) is 0 Å². The highest BCUT2D eigenvalue weighted by Gasteiger charge is 2.26. The summed E-state index contributed by atoms with van der Waals surface area (Å²) < 4.78 is 23.8. The van der Waals surface area contributed by atoms with E-state index < -0.39 is 0 Å². The summed E-state index contributed by atoms with van der Waals surface area (Å²) in [6.07, 6.45) is 0.808. The van der Waals surface area contributed by atoms with Gasteiger partial charge in [-0.25, -0.2) is 4.98 Å². The number of fused-ring (bicyclic) bond motifs is 2. The van der Waals surface area contributed by atoms with Crippen LogP contribution in [0.5, 0.6) is 11.5 Å². The van der Waals surface area contributed by atoms with E-state index in [4.69, 9.17) is 23.6 Å². The Balaban J connectivity index is 1.48. The van der Waals surface area contributed by atoms with Crippen molar-refractivity contribution < 1.29 is 23.4 Å². The van der Waals surface area contributed by atoms with Gasteiger partial charge in [-0.2, -0.15) is 0 Å². The standard InChI is InChI=1S/C27H31N3O5S/c1-4-34-21-8-5-7-19-17-22(35-24(19)21)26(31)30(12-6-11-29-13-15-33-16-14-29)27-28-23-20(32-3)10-9-18(2)25(23)36-27/h5,7-10,17H,4,6,11-16H2,1-3H3. The van der Waals surface area contributed by atoms with Crippen molar-refractivity contribution in [2.75, 3.05) is 58.0 Å². The second-order valence-corrected chi connectivity index (χ2v) is 9.72. The lowest BCUT2D eigenvalue weighted by Crippen LogP contribution is -2.39. The number of anilines is 1. The Morgan fingerprint density at radius 1 is 1.19 bits per heavy atom. The number of aryl methyl sites for hydroxylation is 1. The number of thiazole rings is 1. The largest absolute Gasteiger partial charge is 0.494 e. The number of ether oxygens (including phenoxy) is 3. The van der Waals surface area contributed by atoms with Crippen LogP contribution in [0, 0.1) is 6.92 Å². The summed E-state index contributed by atoms with van der Waals surface area (Å²) in [7, 11) is 1.64. The Labute approximate surface area is 214 Å². The molecule has 3 heterocycles. The van der Waals surface area contributed by atoms with E-state index in [1.165, 1.54) is 11.3 Å². The molecule has 36 heavy (non-hydrogen) atoms. The molecule has 1 aliphatic rings. The van der Waals surface area contributed by atoms with E-state index in [1.807, 2.05) is 44.2 Å². The molecule has 1 aliphatic heterocycles. The maximum Gasteiger partial charge on any atom is 0.295 e. The lowest BCUT2D eigenvalue weighted by molar-refractivity contribution is 0.0376. The molecule has 9 heteroatoms. The van der Waals surface area contributed by atoms with Crippen LogP contribution in [0.2, 0.25) is 0 Å². The van der Waals surface area contributed by atoms with Crippen LogP contribution >= 0.6 is 11.3 Å². The summed E-state index contributed by atoms with van der Waals surface area (Å²) in [6, 6.07) is 11.4. The zero-order chi connectivity index (χ0) is 25.1. The molecule has 0 N–H and O–H groups in total. The number of aromatic nitrogens is 1.